The lowest BCUT2D eigenvalue weighted by Gasteiger charge is -2.15. The van der Waals surface area contributed by atoms with Gasteiger partial charge in [0.1, 0.15) is 12.2 Å². The molecule has 0 saturated heterocycles. The molecule has 2 rings (SSSR count). The van der Waals surface area contributed by atoms with Crippen molar-refractivity contribution in [3.63, 3.8) is 0 Å². The van der Waals surface area contributed by atoms with Gasteiger partial charge in [0.15, 0.2) is 0 Å². The van der Waals surface area contributed by atoms with E-state index in [4.69, 9.17) is 0 Å². The molecular formula is C10H18N4. The number of rotatable bonds is 6. The predicted octanol–water partition coefficient (Wildman–Crippen LogP) is 1.13. The van der Waals surface area contributed by atoms with Crippen LogP contribution in [0, 0.1) is 5.92 Å². The van der Waals surface area contributed by atoms with Gasteiger partial charge in [-0.2, -0.15) is 5.10 Å². The molecule has 0 aromatic carbocycles. The van der Waals surface area contributed by atoms with Crippen LogP contribution < -0.4 is 5.32 Å². The monoisotopic (exact) mass is 194 g/mol. The van der Waals surface area contributed by atoms with E-state index < -0.39 is 0 Å². The van der Waals surface area contributed by atoms with Gasteiger partial charge in [-0.15, -0.1) is 0 Å². The van der Waals surface area contributed by atoms with Crippen molar-refractivity contribution in [1.82, 2.24) is 20.5 Å². The molecule has 2 N–H and O–H groups in total. The van der Waals surface area contributed by atoms with Crippen molar-refractivity contribution in [2.75, 3.05) is 6.54 Å². The Bertz CT molecular complexity index is 253. The Morgan fingerprint density at radius 3 is 3.07 bits per heavy atom. The minimum absolute atomic E-state index is 0.720. The lowest BCUT2D eigenvalue weighted by molar-refractivity contribution is 0.451. The van der Waals surface area contributed by atoms with Crippen molar-refractivity contribution in [1.29, 1.82) is 0 Å². The molecule has 0 spiro atoms. The fraction of sp³-hybridized carbons (Fsp3) is 0.800. The average Bonchev–Trinajstić information content (AvgIpc) is 2.91. The van der Waals surface area contributed by atoms with Crippen molar-refractivity contribution in [3.8, 4) is 0 Å². The number of aromatic nitrogens is 3. The van der Waals surface area contributed by atoms with Gasteiger partial charge in [0.05, 0.1) is 0 Å². The molecule has 14 heavy (non-hydrogen) atoms. The summed E-state index contributed by atoms with van der Waals surface area (Å²) in [6.07, 6.45) is 6.57. The second kappa shape index (κ2) is 4.55. The maximum Gasteiger partial charge on any atom is 0.137 e. The molecular weight excluding hydrogens is 176 g/mol. The van der Waals surface area contributed by atoms with E-state index in [9.17, 15) is 0 Å². The normalized spacial score (nSPS) is 18.4. The molecule has 1 saturated carbocycles. The van der Waals surface area contributed by atoms with Crippen LogP contribution in [0.3, 0.4) is 0 Å². The largest absolute Gasteiger partial charge is 0.313 e. The highest BCUT2D eigenvalue weighted by Gasteiger charge is 2.29. The minimum atomic E-state index is 0.720. The van der Waals surface area contributed by atoms with Gasteiger partial charge >= 0.3 is 0 Å². The van der Waals surface area contributed by atoms with Gasteiger partial charge in [-0.25, -0.2) is 4.98 Å². The van der Waals surface area contributed by atoms with Crippen LogP contribution in [0.15, 0.2) is 6.33 Å². The van der Waals surface area contributed by atoms with Crippen molar-refractivity contribution in [2.24, 2.45) is 5.92 Å². The van der Waals surface area contributed by atoms with Crippen LogP contribution in [0.25, 0.3) is 0 Å². The number of hydrogen-bond acceptors (Lipinski definition) is 3. The van der Waals surface area contributed by atoms with Crippen LogP contribution in [0.1, 0.15) is 32.0 Å². The molecule has 78 valence electrons. The van der Waals surface area contributed by atoms with E-state index in [1.807, 2.05) is 0 Å². The van der Waals surface area contributed by atoms with Crippen molar-refractivity contribution in [3.05, 3.63) is 12.2 Å². The third kappa shape index (κ3) is 2.54. The highest BCUT2D eigenvalue weighted by Crippen LogP contribution is 2.33. The molecule has 1 atom stereocenters. The van der Waals surface area contributed by atoms with Crippen LogP contribution >= 0.6 is 0 Å². The molecule has 0 aliphatic heterocycles. The Morgan fingerprint density at radius 2 is 2.50 bits per heavy atom. The predicted molar refractivity (Wildman–Crippen MR) is 54.9 cm³/mol. The van der Waals surface area contributed by atoms with Crippen LogP contribution in [-0.4, -0.2) is 27.8 Å². The van der Waals surface area contributed by atoms with E-state index in [0.29, 0.717) is 0 Å². The number of H-pyrrole nitrogens is 1. The van der Waals surface area contributed by atoms with Gasteiger partial charge in [0, 0.05) is 19.0 Å². The fourth-order valence-corrected chi connectivity index (χ4v) is 1.87. The van der Waals surface area contributed by atoms with Gasteiger partial charge in [0.2, 0.25) is 0 Å². The lowest BCUT2D eigenvalue weighted by atomic mass is 10.1. The molecule has 1 heterocycles. The zero-order valence-corrected chi connectivity index (χ0v) is 8.66. The number of aromatic amines is 1. The first-order valence-corrected chi connectivity index (χ1v) is 5.47. The summed E-state index contributed by atoms with van der Waals surface area (Å²) in [7, 11) is 0. The Labute approximate surface area is 84.5 Å². The zero-order valence-electron chi connectivity index (χ0n) is 8.66. The smallest absolute Gasteiger partial charge is 0.137 e. The first kappa shape index (κ1) is 9.65. The van der Waals surface area contributed by atoms with Crippen molar-refractivity contribution in [2.45, 2.75) is 38.6 Å². The third-order valence-corrected chi connectivity index (χ3v) is 2.86. The summed E-state index contributed by atoms with van der Waals surface area (Å²) in [6.45, 7) is 3.26. The summed E-state index contributed by atoms with van der Waals surface area (Å²) in [5.74, 6) is 1.91. The van der Waals surface area contributed by atoms with Gasteiger partial charge in [-0.05, 0) is 25.2 Å². The minimum Gasteiger partial charge on any atom is -0.313 e. The molecule has 0 amide bonds. The summed E-state index contributed by atoms with van der Waals surface area (Å²) >= 11 is 0. The van der Waals surface area contributed by atoms with E-state index in [2.05, 4.69) is 27.4 Å². The second-order valence-corrected chi connectivity index (χ2v) is 3.99. The van der Waals surface area contributed by atoms with Crippen molar-refractivity contribution < 1.29 is 0 Å². The zero-order chi connectivity index (χ0) is 9.80. The summed E-state index contributed by atoms with van der Waals surface area (Å²) in [4.78, 5) is 4.09. The molecule has 1 unspecified atom stereocenters. The maximum atomic E-state index is 4.09. The first-order valence-electron chi connectivity index (χ1n) is 5.47. The van der Waals surface area contributed by atoms with E-state index >= 15 is 0 Å². The Morgan fingerprint density at radius 1 is 1.64 bits per heavy atom. The molecule has 0 bridgehead atoms. The van der Waals surface area contributed by atoms with E-state index in [0.717, 1.165) is 30.7 Å². The van der Waals surface area contributed by atoms with Gasteiger partial charge < -0.3 is 5.32 Å². The molecule has 4 nitrogen and oxygen atoms in total. The standard InChI is InChI=1S/C10H18N4/c1-2-9(8-3-4-8)11-6-5-10-12-7-13-14-10/h7-9,11H,2-6H2,1H3,(H,12,13,14). The first-order chi connectivity index (χ1) is 6.90. The SMILES string of the molecule is CCC(NCCc1ncn[nH]1)C1CC1. The quantitative estimate of drug-likeness (QED) is 0.713. The average molecular weight is 194 g/mol. The topological polar surface area (TPSA) is 53.6 Å². The number of nitrogens with one attached hydrogen (secondary N) is 2. The molecule has 1 aromatic rings. The summed E-state index contributed by atoms with van der Waals surface area (Å²) in [5.41, 5.74) is 0. The molecule has 4 heteroatoms. The molecule has 1 aliphatic rings. The van der Waals surface area contributed by atoms with E-state index in [-0.39, 0.29) is 0 Å². The Balaban J connectivity index is 1.66. The van der Waals surface area contributed by atoms with Crippen LogP contribution in [0.4, 0.5) is 0 Å². The third-order valence-electron chi connectivity index (χ3n) is 2.86. The Kier molecular flexibility index (Phi) is 3.14. The maximum absolute atomic E-state index is 4.09. The molecule has 1 fully saturated rings. The fourth-order valence-electron chi connectivity index (χ4n) is 1.87. The molecule has 1 aromatic heterocycles. The van der Waals surface area contributed by atoms with E-state index in [1.54, 1.807) is 6.33 Å². The summed E-state index contributed by atoms with van der Waals surface area (Å²) in [5, 5.41) is 10.3. The second-order valence-electron chi connectivity index (χ2n) is 3.99. The summed E-state index contributed by atoms with van der Waals surface area (Å²) in [6, 6.07) is 0.720. The van der Waals surface area contributed by atoms with Crippen LogP contribution in [0.5, 0.6) is 0 Å². The van der Waals surface area contributed by atoms with Crippen molar-refractivity contribution >= 4 is 0 Å². The Hall–Kier alpha value is -0.900. The lowest BCUT2D eigenvalue weighted by Crippen LogP contribution is -2.32. The van der Waals surface area contributed by atoms with Crippen LogP contribution in [0.2, 0.25) is 0 Å². The van der Waals surface area contributed by atoms with E-state index in [1.165, 1.54) is 19.3 Å². The van der Waals surface area contributed by atoms with Gasteiger partial charge in [-0.1, -0.05) is 6.92 Å². The van der Waals surface area contributed by atoms with Gasteiger partial charge in [-0.3, -0.25) is 5.10 Å². The van der Waals surface area contributed by atoms with Gasteiger partial charge in [0.25, 0.3) is 0 Å². The number of hydrogen-bond donors (Lipinski definition) is 2. The highest BCUT2D eigenvalue weighted by molar-refractivity contribution is 4.87. The number of nitrogens with zero attached hydrogens (tertiary/aromatic N) is 2. The highest BCUT2D eigenvalue weighted by atomic mass is 15.2. The van der Waals surface area contributed by atoms with Crippen LogP contribution in [-0.2, 0) is 6.42 Å². The molecule has 0 radical (unpaired) electrons. The molecule has 1 aliphatic carbocycles. The summed E-state index contributed by atoms with van der Waals surface area (Å²) < 4.78 is 0.